The topological polar surface area (TPSA) is 36.1 Å². The minimum absolute atomic E-state index is 0.389. The Morgan fingerprint density at radius 1 is 1.50 bits per heavy atom. The lowest BCUT2D eigenvalue weighted by Crippen LogP contribution is -2.39. The molecule has 0 aromatic heterocycles. The molecule has 8 heavy (non-hydrogen) atoms. The minimum Gasteiger partial charge on any atom is -0.369 e. The van der Waals surface area contributed by atoms with Crippen LogP contribution in [0.4, 0.5) is 0 Å². The molecular weight excluding hydrogens is 102 g/mol. The van der Waals surface area contributed by atoms with Gasteiger partial charge < -0.3 is 16.0 Å². The van der Waals surface area contributed by atoms with Gasteiger partial charge in [-0.1, -0.05) is 0 Å². The van der Waals surface area contributed by atoms with E-state index in [0.29, 0.717) is 6.17 Å². The zero-order valence-electron chi connectivity index (χ0n) is 4.94. The average molecular weight is 113 g/mol. The highest BCUT2D eigenvalue weighted by Gasteiger charge is 2.03. The fourth-order valence-corrected chi connectivity index (χ4v) is 0.699. The Hall–Kier alpha value is -0.700. The quantitative estimate of drug-likeness (QED) is 0.438. The summed E-state index contributed by atoms with van der Waals surface area (Å²) in [6.07, 6.45) is 4.20. The Balaban J connectivity index is 2.10. The van der Waals surface area contributed by atoms with E-state index in [4.69, 9.17) is 0 Å². The number of hydrogen-bond donors (Lipinski definition) is 3. The van der Waals surface area contributed by atoms with E-state index < -0.39 is 0 Å². The lowest BCUT2D eigenvalue weighted by molar-refractivity contribution is 0.538. The summed E-state index contributed by atoms with van der Waals surface area (Å²) >= 11 is 0. The molecule has 0 amide bonds. The fraction of sp³-hybridized carbons (Fsp3) is 0.600. The van der Waals surface area contributed by atoms with Gasteiger partial charge in [-0.3, -0.25) is 0 Å². The molecule has 0 spiro atoms. The smallest absolute Gasteiger partial charge is 0.108 e. The van der Waals surface area contributed by atoms with Crippen LogP contribution in [0.15, 0.2) is 12.4 Å². The van der Waals surface area contributed by atoms with Gasteiger partial charge in [-0.2, -0.15) is 0 Å². The lowest BCUT2D eigenvalue weighted by atomic mass is 10.5. The summed E-state index contributed by atoms with van der Waals surface area (Å²) in [6, 6.07) is 0. The first kappa shape index (κ1) is 5.44. The molecule has 1 aliphatic heterocycles. The fourth-order valence-electron chi connectivity index (χ4n) is 0.699. The van der Waals surface area contributed by atoms with Gasteiger partial charge in [0.25, 0.3) is 0 Å². The molecule has 0 atom stereocenters. The van der Waals surface area contributed by atoms with Crippen molar-refractivity contribution in [3.8, 4) is 0 Å². The lowest BCUT2D eigenvalue weighted by Gasteiger charge is -2.09. The van der Waals surface area contributed by atoms with Crippen LogP contribution in [0, 0.1) is 0 Å². The maximum atomic E-state index is 3.10. The van der Waals surface area contributed by atoms with Crippen LogP contribution >= 0.6 is 0 Å². The van der Waals surface area contributed by atoms with Gasteiger partial charge in [0.05, 0.1) is 0 Å². The van der Waals surface area contributed by atoms with Crippen molar-refractivity contribution < 1.29 is 0 Å². The summed E-state index contributed by atoms with van der Waals surface area (Å²) in [7, 11) is 1.93. The summed E-state index contributed by atoms with van der Waals surface area (Å²) < 4.78 is 0. The Morgan fingerprint density at radius 3 is 2.62 bits per heavy atom. The molecule has 0 aromatic rings. The molecule has 0 radical (unpaired) electrons. The van der Waals surface area contributed by atoms with Gasteiger partial charge in [-0.05, 0) is 7.05 Å². The standard InChI is InChI=1S/C5H11N3/c1-6-4-5-7-2-3-8-5/h2-3,5-8H,4H2,1H3. The van der Waals surface area contributed by atoms with E-state index in [2.05, 4.69) is 16.0 Å². The second-order valence-electron chi connectivity index (χ2n) is 1.78. The third-order valence-corrected chi connectivity index (χ3v) is 1.09. The summed E-state index contributed by atoms with van der Waals surface area (Å²) in [5.41, 5.74) is 0. The first-order chi connectivity index (χ1) is 3.93. The summed E-state index contributed by atoms with van der Waals surface area (Å²) in [5, 5.41) is 9.25. The van der Waals surface area contributed by atoms with Crippen molar-refractivity contribution in [2.75, 3.05) is 13.6 Å². The molecule has 3 N–H and O–H groups in total. The number of nitrogens with one attached hydrogen (secondary N) is 3. The molecule has 0 aliphatic carbocycles. The van der Waals surface area contributed by atoms with Gasteiger partial charge in [0.15, 0.2) is 0 Å². The van der Waals surface area contributed by atoms with Crippen molar-refractivity contribution in [1.29, 1.82) is 0 Å². The Morgan fingerprint density at radius 2 is 2.12 bits per heavy atom. The maximum absolute atomic E-state index is 3.10. The normalized spacial score (nSPS) is 18.1. The molecule has 0 saturated heterocycles. The minimum atomic E-state index is 0.389. The van der Waals surface area contributed by atoms with Crippen molar-refractivity contribution in [3.05, 3.63) is 12.4 Å². The number of likely N-dealkylation sites (N-methyl/N-ethyl adjacent to an activating group) is 1. The van der Waals surface area contributed by atoms with E-state index >= 15 is 0 Å². The van der Waals surface area contributed by atoms with Crippen molar-refractivity contribution >= 4 is 0 Å². The predicted molar refractivity (Wildman–Crippen MR) is 33.1 cm³/mol. The Bertz CT molecular complexity index is 81.7. The Labute approximate surface area is 49.2 Å². The zero-order chi connectivity index (χ0) is 5.82. The molecule has 3 heteroatoms. The molecule has 0 fully saturated rings. The molecular formula is C5H11N3. The first-order valence-corrected chi connectivity index (χ1v) is 2.75. The molecule has 46 valence electrons. The monoisotopic (exact) mass is 113 g/mol. The first-order valence-electron chi connectivity index (χ1n) is 2.75. The van der Waals surface area contributed by atoms with E-state index in [1.165, 1.54) is 0 Å². The van der Waals surface area contributed by atoms with E-state index in [1.807, 2.05) is 19.4 Å². The predicted octanol–water partition coefficient (Wildman–Crippen LogP) is -0.804. The number of hydrogen-bond acceptors (Lipinski definition) is 3. The van der Waals surface area contributed by atoms with Crippen LogP contribution in [0.1, 0.15) is 0 Å². The molecule has 1 aliphatic rings. The highest BCUT2D eigenvalue weighted by molar-refractivity contribution is 4.91. The highest BCUT2D eigenvalue weighted by atomic mass is 15.2. The second-order valence-corrected chi connectivity index (χ2v) is 1.78. The van der Waals surface area contributed by atoms with Gasteiger partial charge >= 0.3 is 0 Å². The SMILES string of the molecule is CNCC1NC=CN1. The van der Waals surface area contributed by atoms with Crippen molar-refractivity contribution in [3.63, 3.8) is 0 Å². The maximum Gasteiger partial charge on any atom is 0.108 e. The molecule has 1 rings (SSSR count). The number of rotatable bonds is 2. The summed E-state index contributed by atoms with van der Waals surface area (Å²) in [5.74, 6) is 0. The summed E-state index contributed by atoms with van der Waals surface area (Å²) in [6.45, 7) is 0.951. The van der Waals surface area contributed by atoms with Gasteiger partial charge in [-0.15, -0.1) is 0 Å². The van der Waals surface area contributed by atoms with Crippen LogP contribution in [0.2, 0.25) is 0 Å². The van der Waals surface area contributed by atoms with E-state index in [9.17, 15) is 0 Å². The second kappa shape index (κ2) is 2.57. The molecule has 0 aromatic carbocycles. The largest absolute Gasteiger partial charge is 0.369 e. The van der Waals surface area contributed by atoms with Gasteiger partial charge in [0.2, 0.25) is 0 Å². The molecule has 0 saturated carbocycles. The molecule has 0 unspecified atom stereocenters. The summed E-state index contributed by atoms with van der Waals surface area (Å²) in [4.78, 5) is 0. The van der Waals surface area contributed by atoms with Crippen molar-refractivity contribution in [2.24, 2.45) is 0 Å². The van der Waals surface area contributed by atoms with Crippen LogP contribution in [0.3, 0.4) is 0 Å². The van der Waals surface area contributed by atoms with Gasteiger partial charge in [0, 0.05) is 18.9 Å². The average Bonchev–Trinajstić information content (AvgIpc) is 2.19. The van der Waals surface area contributed by atoms with Crippen LogP contribution in [-0.4, -0.2) is 19.8 Å². The third-order valence-electron chi connectivity index (χ3n) is 1.09. The molecule has 1 heterocycles. The van der Waals surface area contributed by atoms with Crippen molar-refractivity contribution in [1.82, 2.24) is 16.0 Å². The molecule has 3 nitrogen and oxygen atoms in total. The third kappa shape index (κ3) is 1.13. The highest BCUT2D eigenvalue weighted by Crippen LogP contribution is 1.82. The van der Waals surface area contributed by atoms with Gasteiger partial charge in [-0.25, -0.2) is 0 Å². The van der Waals surface area contributed by atoms with E-state index in [1.54, 1.807) is 0 Å². The van der Waals surface area contributed by atoms with E-state index in [-0.39, 0.29) is 0 Å². The van der Waals surface area contributed by atoms with Crippen LogP contribution < -0.4 is 16.0 Å². The van der Waals surface area contributed by atoms with Crippen LogP contribution in [0.5, 0.6) is 0 Å². The zero-order valence-corrected chi connectivity index (χ0v) is 4.94. The van der Waals surface area contributed by atoms with E-state index in [0.717, 1.165) is 6.54 Å². The van der Waals surface area contributed by atoms with Crippen LogP contribution in [-0.2, 0) is 0 Å². The van der Waals surface area contributed by atoms with Gasteiger partial charge in [0.1, 0.15) is 6.17 Å². The van der Waals surface area contributed by atoms with Crippen molar-refractivity contribution in [2.45, 2.75) is 6.17 Å². The molecule has 0 bridgehead atoms. The van der Waals surface area contributed by atoms with Crippen LogP contribution in [0.25, 0.3) is 0 Å². The Kier molecular flexibility index (Phi) is 1.75.